The number of nitrogens with one attached hydrogen (secondary N) is 1. The van der Waals surface area contributed by atoms with Gasteiger partial charge in [-0.15, -0.1) is 0 Å². The first kappa shape index (κ1) is 28.7. The van der Waals surface area contributed by atoms with Gasteiger partial charge in [0.05, 0.1) is 11.1 Å². The van der Waals surface area contributed by atoms with Gasteiger partial charge in [-0.05, 0) is 49.9 Å². The lowest BCUT2D eigenvalue weighted by Gasteiger charge is -2.32. The maximum atomic E-state index is 13.8. The largest absolute Gasteiger partial charge is 0.352 e. The van der Waals surface area contributed by atoms with Gasteiger partial charge in [-0.3, -0.25) is 24.1 Å². The van der Waals surface area contributed by atoms with Crippen molar-refractivity contribution in [1.82, 2.24) is 15.1 Å². The van der Waals surface area contributed by atoms with Gasteiger partial charge in [0.15, 0.2) is 0 Å². The summed E-state index contributed by atoms with van der Waals surface area (Å²) in [6.07, 6.45) is 1.55. The standard InChI is InChI=1S/C33H37N3O4/c1-4-24(3)34-31(38)29(21-25-13-6-5-7-14-25)36(22-26-15-10-12-23(2)20-26)30(37)18-11-19-35-32(39)27-16-8-9-17-28(27)33(35)40/h5-10,12-17,20,24,29H,4,11,18-19,21-22H2,1-3H3,(H,34,38). The molecule has 4 rings (SSSR count). The van der Waals surface area contributed by atoms with Crippen molar-refractivity contribution in [1.29, 1.82) is 0 Å². The maximum Gasteiger partial charge on any atom is 0.261 e. The molecule has 7 heteroatoms. The Labute approximate surface area is 236 Å². The second kappa shape index (κ2) is 13.2. The number of fused-ring (bicyclic) bond motifs is 1. The van der Waals surface area contributed by atoms with Crippen molar-refractivity contribution in [3.05, 3.63) is 107 Å². The summed E-state index contributed by atoms with van der Waals surface area (Å²) in [4.78, 5) is 55.9. The van der Waals surface area contributed by atoms with Crippen LogP contribution in [0, 0.1) is 6.92 Å². The van der Waals surface area contributed by atoms with Gasteiger partial charge in [0.2, 0.25) is 11.8 Å². The predicted octanol–water partition coefficient (Wildman–Crippen LogP) is 4.93. The molecule has 1 N–H and O–H groups in total. The maximum absolute atomic E-state index is 13.8. The molecule has 40 heavy (non-hydrogen) atoms. The van der Waals surface area contributed by atoms with Crippen LogP contribution in [0.3, 0.4) is 0 Å². The summed E-state index contributed by atoms with van der Waals surface area (Å²) in [5.41, 5.74) is 3.75. The van der Waals surface area contributed by atoms with Gasteiger partial charge >= 0.3 is 0 Å². The van der Waals surface area contributed by atoms with Crippen LogP contribution in [-0.4, -0.2) is 52.1 Å². The molecule has 0 fully saturated rings. The van der Waals surface area contributed by atoms with Gasteiger partial charge < -0.3 is 10.2 Å². The number of nitrogens with zero attached hydrogens (tertiary/aromatic N) is 2. The fraction of sp³-hybridized carbons (Fsp3) is 0.333. The van der Waals surface area contributed by atoms with E-state index in [1.54, 1.807) is 29.2 Å². The first-order valence-electron chi connectivity index (χ1n) is 13.9. The zero-order valence-electron chi connectivity index (χ0n) is 23.4. The highest BCUT2D eigenvalue weighted by molar-refractivity contribution is 6.21. The van der Waals surface area contributed by atoms with E-state index in [0.717, 1.165) is 23.1 Å². The molecule has 3 aromatic carbocycles. The number of hydrogen-bond acceptors (Lipinski definition) is 4. The molecule has 208 valence electrons. The molecule has 2 atom stereocenters. The summed E-state index contributed by atoms with van der Waals surface area (Å²) in [6.45, 7) is 6.37. The van der Waals surface area contributed by atoms with Crippen LogP contribution in [0.4, 0.5) is 0 Å². The minimum Gasteiger partial charge on any atom is -0.352 e. The van der Waals surface area contributed by atoms with Gasteiger partial charge in [0.25, 0.3) is 11.8 Å². The fourth-order valence-electron chi connectivity index (χ4n) is 4.98. The van der Waals surface area contributed by atoms with Crippen molar-refractivity contribution in [3.63, 3.8) is 0 Å². The van der Waals surface area contributed by atoms with Crippen molar-refractivity contribution in [2.45, 2.75) is 65.1 Å². The lowest BCUT2D eigenvalue weighted by atomic mass is 10.0. The number of amides is 4. The van der Waals surface area contributed by atoms with Crippen molar-refractivity contribution in [2.75, 3.05) is 6.54 Å². The zero-order valence-corrected chi connectivity index (χ0v) is 23.4. The van der Waals surface area contributed by atoms with E-state index in [4.69, 9.17) is 0 Å². The lowest BCUT2D eigenvalue weighted by Crippen LogP contribution is -2.52. The molecule has 7 nitrogen and oxygen atoms in total. The molecule has 0 saturated carbocycles. The van der Waals surface area contributed by atoms with Gasteiger partial charge in [-0.25, -0.2) is 0 Å². The normalized spacial score (nSPS) is 14.0. The minimum absolute atomic E-state index is 0.0319. The molecule has 1 aliphatic rings. The average Bonchev–Trinajstić information content (AvgIpc) is 3.20. The van der Waals surface area contributed by atoms with Crippen LogP contribution in [0.1, 0.15) is 70.5 Å². The second-order valence-corrected chi connectivity index (χ2v) is 10.4. The number of rotatable bonds is 12. The zero-order chi connectivity index (χ0) is 28.6. The summed E-state index contributed by atoms with van der Waals surface area (Å²) in [5.74, 6) is -1.06. The molecule has 1 heterocycles. The Hall–Kier alpha value is -4.26. The van der Waals surface area contributed by atoms with E-state index >= 15 is 0 Å². The molecule has 0 bridgehead atoms. The summed E-state index contributed by atoms with van der Waals surface area (Å²) < 4.78 is 0. The third-order valence-corrected chi connectivity index (χ3v) is 7.36. The smallest absolute Gasteiger partial charge is 0.261 e. The second-order valence-electron chi connectivity index (χ2n) is 10.4. The molecule has 3 aromatic rings. The summed E-state index contributed by atoms with van der Waals surface area (Å²) in [5, 5.41) is 3.07. The third kappa shape index (κ3) is 6.84. The molecule has 0 spiro atoms. The van der Waals surface area contributed by atoms with E-state index in [0.29, 0.717) is 24.0 Å². The lowest BCUT2D eigenvalue weighted by molar-refractivity contribution is -0.141. The third-order valence-electron chi connectivity index (χ3n) is 7.36. The quantitative estimate of drug-likeness (QED) is 0.331. The van der Waals surface area contributed by atoms with Crippen LogP contribution in [0.25, 0.3) is 0 Å². The Morgan fingerprint density at radius 1 is 0.875 bits per heavy atom. The minimum atomic E-state index is -0.719. The molecule has 4 amide bonds. The number of aryl methyl sites for hydroxylation is 1. The molecule has 0 saturated heterocycles. The van der Waals surface area contributed by atoms with Crippen molar-refractivity contribution < 1.29 is 19.2 Å². The number of carbonyl (C=O) groups excluding carboxylic acids is 4. The van der Waals surface area contributed by atoms with Gasteiger partial charge in [0, 0.05) is 32.0 Å². The molecule has 2 unspecified atom stereocenters. The van der Waals surface area contributed by atoms with Crippen molar-refractivity contribution in [3.8, 4) is 0 Å². The van der Waals surface area contributed by atoms with E-state index in [1.807, 2.05) is 75.4 Å². The SMILES string of the molecule is CCC(C)NC(=O)C(Cc1ccccc1)N(Cc1cccc(C)c1)C(=O)CCCN1C(=O)c2ccccc2C1=O. The molecule has 0 aliphatic carbocycles. The summed E-state index contributed by atoms with van der Waals surface area (Å²) in [7, 11) is 0. The number of carbonyl (C=O) groups is 4. The topological polar surface area (TPSA) is 86.8 Å². The van der Waals surface area contributed by atoms with Crippen LogP contribution >= 0.6 is 0 Å². The van der Waals surface area contributed by atoms with Crippen LogP contribution in [0.5, 0.6) is 0 Å². The van der Waals surface area contributed by atoms with E-state index in [1.165, 1.54) is 4.90 Å². The van der Waals surface area contributed by atoms with Crippen LogP contribution in [0.15, 0.2) is 78.9 Å². The highest BCUT2D eigenvalue weighted by atomic mass is 16.2. The Kier molecular flexibility index (Phi) is 9.48. The fourth-order valence-corrected chi connectivity index (χ4v) is 4.98. The molecule has 0 radical (unpaired) electrons. The van der Waals surface area contributed by atoms with E-state index in [-0.39, 0.29) is 49.2 Å². The monoisotopic (exact) mass is 539 g/mol. The Balaban J connectivity index is 1.55. The molecular formula is C33H37N3O4. The summed E-state index contributed by atoms with van der Waals surface area (Å²) >= 11 is 0. The Morgan fingerprint density at radius 2 is 1.50 bits per heavy atom. The molecular weight excluding hydrogens is 502 g/mol. The highest BCUT2D eigenvalue weighted by Gasteiger charge is 2.35. The van der Waals surface area contributed by atoms with Crippen molar-refractivity contribution >= 4 is 23.6 Å². The average molecular weight is 540 g/mol. The summed E-state index contributed by atoms with van der Waals surface area (Å²) in [6, 6.07) is 23.6. The highest BCUT2D eigenvalue weighted by Crippen LogP contribution is 2.23. The van der Waals surface area contributed by atoms with Gasteiger partial charge in [-0.1, -0.05) is 79.2 Å². The Morgan fingerprint density at radius 3 is 2.12 bits per heavy atom. The van der Waals surface area contributed by atoms with Crippen molar-refractivity contribution in [2.24, 2.45) is 0 Å². The molecule has 1 aliphatic heterocycles. The number of imide groups is 1. The number of hydrogen-bond donors (Lipinski definition) is 1. The van der Waals surface area contributed by atoms with Crippen LogP contribution in [-0.2, 0) is 22.6 Å². The first-order valence-corrected chi connectivity index (χ1v) is 13.9. The van der Waals surface area contributed by atoms with E-state index < -0.39 is 6.04 Å². The van der Waals surface area contributed by atoms with Gasteiger partial charge in [-0.2, -0.15) is 0 Å². The first-order chi connectivity index (χ1) is 19.3. The van der Waals surface area contributed by atoms with E-state index in [2.05, 4.69) is 5.32 Å². The molecule has 0 aromatic heterocycles. The van der Waals surface area contributed by atoms with Gasteiger partial charge in [0.1, 0.15) is 6.04 Å². The van der Waals surface area contributed by atoms with Crippen LogP contribution in [0.2, 0.25) is 0 Å². The van der Waals surface area contributed by atoms with E-state index in [9.17, 15) is 19.2 Å². The Bertz CT molecular complexity index is 1340. The predicted molar refractivity (Wildman–Crippen MR) is 155 cm³/mol. The van der Waals surface area contributed by atoms with Crippen LogP contribution < -0.4 is 5.32 Å². The number of benzene rings is 3.